The predicted octanol–water partition coefficient (Wildman–Crippen LogP) is 1.90. The topological polar surface area (TPSA) is 79.0 Å². The number of aryl methyl sites for hydroxylation is 2. The molecule has 2 aromatic rings. The van der Waals surface area contributed by atoms with Crippen LogP contribution in [0, 0.1) is 13.8 Å². The van der Waals surface area contributed by atoms with Gasteiger partial charge in [0.05, 0.1) is 6.54 Å². The Balaban J connectivity index is 0.00000208. The van der Waals surface area contributed by atoms with Gasteiger partial charge in [-0.05, 0) is 37.1 Å². The Labute approximate surface area is 147 Å². The van der Waals surface area contributed by atoms with Gasteiger partial charge < -0.3 is 15.4 Å². The lowest BCUT2D eigenvalue weighted by Crippen LogP contribution is -2.31. The Morgan fingerprint density at radius 3 is 2.79 bits per heavy atom. The molecule has 1 aliphatic rings. The molecule has 6 nitrogen and oxygen atoms in total. The number of fused-ring (bicyclic) bond motifs is 1. The Morgan fingerprint density at radius 2 is 2.04 bits per heavy atom. The van der Waals surface area contributed by atoms with Gasteiger partial charge in [0.2, 0.25) is 0 Å². The summed E-state index contributed by atoms with van der Waals surface area (Å²) >= 11 is 0. The van der Waals surface area contributed by atoms with Crippen LogP contribution in [0.4, 0.5) is 0 Å². The van der Waals surface area contributed by atoms with E-state index >= 15 is 0 Å². The summed E-state index contributed by atoms with van der Waals surface area (Å²) < 4.78 is 5.69. The van der Waals surface area contributed by atoms with Gasteiger partial charge in [-0.1, -0.05) is 6.07 Å². The maximum atomic E-state index is 12.2. The van der Waals surface area contributed by atoms with Crippen molar-refractivity contribution < 1.29 is 9.53 Å². The summed E-state index contributed by atoms with van der Waals surface area (Å²) in [6.45, 7) is 6.56. The van der Waals surface area contributed by atoms with Crippen molar-refractivity contribution in [1.82, 2.24) is 20.8 Å². The fraction of sp³-hybridized carbons (Fsp3) is 0.412. The van der Waals surface area contributed by atoms with Crippen LogP contribution in [-0.2, 0) is 13.0 Å². The summed E-state index contributed by atoms with van der Waals surface area (Å²) in [4.78, 5) is 12.2. The molecular formula is C17H23ClN4O2. The Morgan fingerprint density at radius 1 is 1.29 bits per heavy atom. The van der Waals surface area contributed by atoms with Gasteiger partial charge in [0.15, 0.2) is 5.69 Å². The number of amides is 1. The maximum absolute atomic E-state index is 12.2. The number of aromatic amines is 1. The molecule has 0 fully saturated rings. The average Bonchev–Trinajstić information content (AvgIpc) is 2.94. The smallest absolute Gasteiger partial charge is 0.272 e. The first-order valence-corrected chi connectivity index (χ1v) is 7.89. The first-order valence-electron chi connectivity index (χ1n) is 7.89. The Bertz CT molecular complexity index is 694. The molecule has 1 aliphatic heterocycles. The number of benzene rings is 1. The molecule has 0 spiro atoms. The van der Waals surface area contributed by atoms with Crippen LogP contribution in [0.15, 0.2) is 18.2 Å². The van der Waals surface area contributed by atoms with Gasteiger partial charge in [0, 0.05) is 30.8 Å². The van der Waals surface area contributed by atoms with E-state index in [-0.39, 0.29) is 18.3 Å². The highest BCUT2D eigenvalue weighted by Gasteiger charge is 2.21. The molecule has 0 atom stereocenters. The van der Waals surface area contributed by atoms with Gasteiger partial charge in [-0.15, -0.1) is 12.4 Å². The summed E-state index contributed by atoms with van der Waals surface area (Å²) in [6.07, 6.45) is 0.880. The molecule has 0 radical (unpaired) electrons. The highest BCUT2D eigenvalue weighted by Crippen LogP contribution is 2.16. The molecule has 0 saturated carbocycles. The number of carbonyl (C=O) groups is 1. The summed E-state index contributed by atoms with van der Waals surface area (Å²) in [5.41, 5.74) is 4.85. The van der Waals surface area contributed by atoms with Crippen LogP contribution in [0.25, 0.3) is 0 Å². The normalized spacial score (nSPS) is 12.9. The first-order chi connectivity index (χ1) is 11.1. The molecule has 1 aromatic heterocycles. The molecule has 0 saturated heterocycles. The lowest BCUT2D eigenvalue weighted by atomic mass is 10.1. The zero-order chi connectivity index (χ0) is 16.2. The molecule has 3 rings (SSSR count). The van der Waals surface area contributed by atoms with Crippen molar-refractivity contribution in [3.63, 3.8) is 0 Å². The van der Waals surface area contributed by atoms with Crippen LogP contribution in [0.1, 0.15) is 32.9 Å². The van der Waals surface area contributed by atoms with E-state index in [1.807, 2.05) is 26.0 Å². The standard InChI is InChI=1S/C17H22N4O2.ClH/c1-11-7-12(2)9-13(8-11)23-6-5-19-17(22)16-14-10-18-4-3-15(14)20-21-16;/h7-9,18H,3-6,10H2,1-2H3,(H,19,22)(H,20,21);1H. The number of rotatable bonds is 5. The largest absolute Gasteiger partial charge is 0.492 e. The van der Waals surface area contributed by atoms with E-state index in [0.29, 0.717) is 25.4 Å². The van der Waals surface area contributed by atoms with Crippen molar-refractivity contribution in [1.29, 1.82) is 0 Å². The van der Waals surface area contributed by atoms with Gasteiger partial charge in [-0.3, -0.25) is 9.89 Å². The second-order valence-electron chi connectivity index (χ2n) is 5.88. The molecule has 130 valence electrons. The van der Waals surface area contributed by atoms with Crippen molar-refractivity contribution in [3.05, 3.63) is 46.3 Å². The maximum Gasteiger partial charge on any atom is 0.272 e. The summed E-state index contributed by atoms with van der Waals surface area (Å²) in [7, 11) is 0. The highest BCUT2D eigenvalue weighted by atomic mass is 35.5. The quantitative estimate of drug-likeness (QED) is 0.720. The number of aromatic nitrogens is 2. The molecule has 0 unspecified atom stereocenters. The summed E-state index contributed by atoms with van der Waals surface area (Å²) in [5, 5.41) is 13.2. The van der Waals surface area contributed by atoms with Crippen molar-refractivity contribution in [2.45, 2.75) is 26.8 Å². The predicted molar refractivity (Wildman–Crippen MR) is 95.0 cm³/mol. The minimum absolute atomic E-state index is 0. The molecule has 24 heavy (non-hydrogen) atoms. The minimum atomic E-state index is -0.157. The summed E-state index contributed by atoms with van der Waals surface area (Å²) in [6, 6.07) is 6.08. The lowest BCUT2D eigenvalue weighted by molar-refractivity contribution is 0.0941. The fourth-order valence-corrected chi connectivity index (χ4v) is 2.85. The molecule has 3 N–H and O–H groups in total. The van der Waals surface area contributed by atoms with Crippen LogP contribution in [-0.4, -0.2) is 35.8 Å². The monoisotopic (exact) mass is 350 g/mol. The van der Waals surface area contributed by atoms with Crippen LogP contribution < -0.4 is 15.4 Å². The molecule has 0 bridgehead atoms. The molecule has 1 amide bonds. The van der Waals surface area contributed by atoms with E-state index in [2.05, 4.69) is 26.9 Å². The zero-order valence-electron chi connectivity index (χ0n) is 13.9. The second-order valence-corrected chi connectivity index (χ2v) is 5.88. The van der Waals surface area contributed by atoms with Gasteiger partial charge in [0.1, 0.15) is 12.4 Å². The van der Waals surface area contributed by atoms with Crippen molar-refractivity contribution in [2.75, 3.05) is 19.7 Å². The number of carbonyl (C=O) groups excluding carboxylic acids is 1. The Hall–Kier alpha value is -2.05. The van der Waals surface area contributed by atoms with Gasteiger partial charge in [-0.25, -0.2) is 0 Å². The SMILES string of the molecule is Cc1cc(C)cc(OCCNC(=O)c2n[nH]c3c2CNCC3)c1.Cl. The molecule has 7 heteroatoms. The van der Waals surface area contributed by atoms with E-state index in [0.717, 1.165) is 30.0 Å². The first kappa shape index (κ1) is 18.3. The van der Waals surface area contributed by atoms with E-state index in [4.69, 9.17) is 4.74 Å². The van der Waals surface area contributed by atoms with E-state index in [1.54, 1.807) is 0 Å². The number of nitrogens with zero attached hydrogens (tertiary/aromatic N) is 1. The summed E-state index contributed by atoms with van der Waals surface area (Å²) in [5.74, 6) is 0.674. The number of halogens is 1. The van der Waals surface area contributed by atoms with Crippen LogP contribution >= 0.6 is 12.4 Å². The third-order valence-corrected chi connectivity index (χ3v) is 3.87. The molecule has 1 aromatic carbocycles. The fourth-order valence-electron chi connectivity index (χ4n) is 2.85. The van der Waals surface area contributed by atoms with Gasteiger partial charge in [-0.2, -0.15) is 5.10 Å². The van der Waals surface area contributed by atoms with Crippen molar-refractivity contribution in [2.24, 2.45) is 0 Å². The Kier molecular flexibility index (Phi) is 6.23. The number of nitrogens with one attached hydrogen (secondary N) is 3. The lowest BCUT2D eigenvalue weighted by Gasteiger charge is -2.13. The number of ether oxygens (including phenoxy) is 1. The van der Waals surface area contributed by atoms with Crippen LogP contribution in [0.5, 0.6) is 5.75 Å². The number of H-pyrrole nitrogens is 1. The average molecular weight is 351 g/mol. The third kappa shape index (κ3) is 4.27. The highest BCUT2D eigenvalue weighted by molar-refractivity contribution is 5.94. The van der Waals surface area contributed by atoms with Gasteiger partial charge in [0.25, 0.3) is 5.91 Å². The van der Waals surface area contributed by atoms with Gasteiger partial charge >= 0.3 is 0 Å². The van der Waals surface area contributed by atoms with E-state index in [9.17, 15) is 4.79 Å². The van der Waals surface area contributed by atoms with Crippen LogP contribution in [0.3, 0.4) is 0 Å². The zero-order valence-corrected chi connectivity index (χ0v) is 14.8. The second kappa shape index (κ2) is 8.17. The minimum Gasteiger partial charge on any atom is -0.492 e. The van der Waals surface area contributed by atoms with E-state index in [1.165, 1.54) is 11.1 Å². The molecule has 2 heterocycles. The van der Waals surface area contributed by atoms with Crippen molar-refractivity contribution >= 4 is 18.3 Å². The third-order valence-electron chi connectivity index (χ3n) is 3.87. The van der Waals surface area contributed by atoms with Crippen molar-refractivity contribution in [3.8, 4) is 5.75 Å². The molecule has 0 aliphatic carbocycles. The molecular weight excluding hydrogens is 328 g/mol. The van der Waals surface area contributed by atoms with Crippen LogP contribution in [0.2, 0.25) is 0 Å². The number of hydrogen-bond acceptors (Lipinski definition) is 4. The number of hydrogen-bond donors (Lipinski definition) is 3. The van der Waals surface area contributed by atoms with E-state index < -0.39 is 0 Å².